The molecule has 0 fully saturated rings. The van der Waals surface area contributed by atoms with Gasteiger partial charge in [-0.2, -0.15) is 0 Å². The average Bonchev–Trinajstić information content (AvgIpc) is 2.15. The molecular weight excluding hydrogens is 297 g/mol. The molecular formula is C9H8INO3. The Morgan fingerprint density at radius 2 is 2.21 bits per heavy atom. The van der Waals surface area contributed by atoms with E-state index in [4.69, 9.17) is 10.5 Å². The van der Waals surface area contributed by atoms with E-state index in [2.05, 4.69) is 0 Å². The van der Waals surface area contributed by atoms with Crippen molar-refractivity contribution in [3.05, 3.63) is 26.8 Å². The lowest BCUT2D eigenvalue weighted by Crippen LogP contribution is -2.14. The number of primary amides is 1. The van der Waals surface area contributed by atoms with Crippen molar-refractivity contribution in [1.29, 1.82) is 0 Å². The molecule has 14 heavy (non-hydrogen) atoms. The third-order valence-corrected chi connectivity index (χ3v) is 2.53. The smallest absolute Gasteiger partial charge is 0.253 e. The van der Waals surface area contributed by atoms with E-state index in [0.29, 0.717) is 26.7 Å². The highest BCUT2D eigenvalue weighted by Gasteiger charge is 2.14. The molecule has 0 atom stereocenters. The molecule has 4 nitrogen and oxygen atoms in total. The number of carbonyl (C=O) groups excluding carboxylic acids is 2. The molecule has 1 rings (SSSR count). The van der Waals surface area contributed by atoms with Crippen LogP contribution in [0.2, 0.25) is 0 Å². The van der Waals surface area contributed by atoms with Gasteiger partial charge in [-0.05, 0) is 34.7 Å². The first-order valence-electron chi connectivity index (χ1n) is 3.72. The quantitative estimate of drug-likeness (QED) is 0.674. The van der Waals surface area contributed by atoms with Crippen molar-refractivity contribution in [2.75, 3.05) is 7.11 Å². The minimum Gasteiger partial charge on any atom is -0.496 e. The highest BCUT2D eigenvalue weighted by Crippen LogP contribution is 2.24. The van der Waals surface area contributed by atoms with E-state index in [1.54, 1.807) is 6.07 Å². The van der Waals surface area contributed by atoms with E-state index in [0.717, 1.165) is 0 Å². The third kappa shape index (κ3) is 2.03. The molecule has 0 saturated heterocycles. The number of nitrogens with two attached hydrogens (primary N) is 1. The molecule has 1 aromatic rings. The number of carbonyl (C=O) groups is 2. The number of benzene rings is 1. The van der Waals surface area contributed by atoms with E-state index < -0.39 is 5.91 Å². The Bertz CT molecular complexity index is 390. The lowest BCUT2D eigenvalue weighted by Gasteiger charge is -2.08. The van der Waals surface area contributed by atoms with Crippen molar-refractivity contribution in [2.24, 2.45) is 5.73 Å². The van der Waals surface area contributed by atoms with E-state index in [9.17, 15) is 9.59 Å². The first-order valence-corrected chi connectivity index (χ1v) is 4.80. The minimum absolute atomic E-state index is 0.304. The van der Waals surface area contributed by atoms with Gasteiger partial charge >= 0.3 is 0 Å². The number of aldehydes is 1. The van der Waals surface area contributed by atoms with Gasteiger partial charge in [-0.25, -0.2) is 0 Å². The Morgan fingerprint density at radius 1 is 1.57 bits per heavy atom. The zero-order chi connectivity index (χ0) is 10.7. The van der Waals surface area contributed by atoms with Crippen molar-refractivity contribution in [2.45, 2.75) is 0 Å². The summed E-state index contributed by atoms with van der Waals surface area (Å²) < 4.78 is 5.57. The highest BCUT2D eigenvalue weighted by atomic mass is 127. The Kier molecular flexibility index (Phi) is 3.45. The van der Waals surface area contributed by atoms with Crippen molar-refractivity contribution in [1.82, 2.24) is 0 Å². The van der Waals surface area contributed by atoms with E-state index in [1.165, 1.54) is 13.2 Å². The van der Waals surface area contributed by atoms with Crippen LogP contribution in [0, 0.1) is 3.57 Å². The summed E-state index contributed by atoms with van der Waals surface area (Å²) in [5, 5.41) is 0. The fourth-order valence-electron chi connectivity index (χ4n) is 1.07. The van der Waals surface area contributed by atoms with Gasteiger partial charge in [0.05, 0.1) is 12.7 Å². The molecule has 0 radical (unpaired) electrons. The van der Waals surface area contributed by atoms with Crippen LogP contribution in [0.25, 0.3) is 0 Å². The summed E-state index contributed by atoms with van der Waals surface area (Å²) in [6.45, 7) is 0. The molecule has 0 heterocycles. The standard InChI is InChI=1S/C9H8INO3/c1-14-7-3-5(4-12)2-6(10)8(7)9(11)13/h2-4H,1H3,(H2,11,13). The number of hydrogen-bond acceptors (Lipinski definition) is 3. The van der Waals surface area contributed by atoms with Crippen LogP contribution in [0.15, 0.2) is 12.1 Å². The van der Waals surface area contributed by atoms with Crippen LogP contribution >= 0.6 is 22.6 Å². The number of hydrogen-bond donors (Lipinski definition) is 1. The van der Waals surface area contributed by atoms with Crippen molar-refractivity contribution < 1.29 is 14.3 Å². The first-order chi connectivity index (χ1) is 6.60. The summed E-state index contributed by atoms with van der Waals surface area (Å²) in [4.78, 5) is 21.6. The summed E-state index contributed by atoms with van der Waals surface area (Å²) in [6, 6.07) is 3.06. The number of ether oxygens (including phenoxy) is 1. The molecule has 1 amide bonds. The number of rotatable bonds is 3. The normalized spacial score (nSPS) is 9.57. The maximum absolute atomic E-state index is 11.1. The minimum atomic E-state index is -0.566. The highest BCUT2D eigenvalue weighted by molar-refractivity contribution is 14.1. The van der Waals surface area contributed by atoms with Crippen molar-refractivity contribution >= 4 is 34.8 Å². The van der Waals surface area contributed by atoms with Crippen LogP contribution in [0.5, 0.6) is 5.75 Å². The van der Waals surface area contributed by atoms with Gasteiger partial charge in [-0.1, -0.05) is 0 Å². The molecule has 0 aliphatic rings. The fourth-order valence-corrected chi connectivity index (χ4v) is 1.96. The second-order valence-electron chi connectivity index (χ2n) is 2.56. The monoisotopic (exact) mass is 305 g/mol. The molecule has 0 spiro atoms. The Labute approximate surface area is 94.6 Å². The lowest BCUT2D eigenvalue weighted by molar-refractivity contribution is 0.0995. The van der Waals surface area contributed by atoms with Gasteiger partial charge in [0.25, 0.3) is 5.91 Å². The molecule has 0 aliphatic heterocycles. The first kappa shape index (κ1) is 11.0. The maximum Gasteiger partial charge on any atom is 0.253 e. The average molecular weight is 305 g/mol. The van der Waals surface area contributed by atoms with Crippen molar-refractivity contribution in [3.8, 4) is 5.75 Å². The van der Waals surface area contributed by atoms with Crippen LogP contribution < -0.4 is 10.5 Å². The Balaban J connectivity index is 3.42. The molecule has 5 heteroatoms. The summed E-state index contributed by atoms with van der Waals surface area (Å²) in [5.74, 6) is -0.241. The van der Waals surface area contributed by atoms with Crippen LogP contribution in [0.1, 0.15) is 20.7 Å². The van der Waals surface area contributed by atoms with Gasteiger partial charge in [0.15, 0.2) is 0 Å². The van der Waals surface area contributed by atoms with Gasteiger partial charge in [-0.15, -0.1) is 0 Å². The summed E-state index contributed by atoms with van der Waals surface area (Å²) in [5.41, 5.74) is 5.93. The van der Waals surface area contributed by atoms with E-state index >= 15 is 0 Å². The predicted molar refractivity (Wildman–Crippen MR) is 59.6 cm³/mol. The van der Waals surface area contributed by atoms with Gasteiger partial charge < -0.3 is 10.5 Å². The van der Waals surface area contributed by atoms with Gasteiger partial charge in [-0.3, -0.25) is 9.59 Å². The van der Waals surface area contributed by atoms with Crippen LogP contribution in [-0.4, -0.2) is 19.3 Å². The predicted octanol–water partition coefficient (Wildman–Crippen LogP) is 1.21. The summed E-state index contributed by atoms with van der Waals surface area (Å²) >= 11 is 1.93. The number of amides is 1. The Morgan fingerprint density at radius 3 is 2.64 bits per heavy atom. The van der Waals surface area contributed by atoms with E-state index in [1.807, 2.05) is 22.6 Å². The molecule has 0 aromatic heterocycles. The molecule has 0 saturated carbocycles. The van der Waals surface area contributed by atoms with Crippen molar-refractivity contribution in [3.63, 3.8) is 0 Å². The van der Waals surface area contributed by atoms with Gasteiger partial charge in [0.2, 0.25) is 0 Å². The number of methoxy groups -OCH3 is 1. The SMILES string of the molecule is COc1cc(C=O)cc(I)c1C(N)=O. The second kappa shape index (κ2) is 4.41. The molecule has 2 N–H and O–H groups in total. The number of halogens is 1. The fraction of sp³-hybridized carbons (Fsp3) is 0.111. The molecule has 0 bridgehead atoms. The molecule has 0 aliphatic carbocycles. The van der Waals surface area contributed by atoms with Crippen LogP contribution in [0.4, 0.5) is 0 Å². The van der Waals surface area contributed by atoms with Gasteiger partial charge in [0.1, 0.15) is 12.0 Å². The molecule has 74 valence electrons. The Hall–Kier alpha value is -1.11. The third-order valence-electron chi connectivity index (χ3n) is 1.68. The second-order valence-corrected chi connectivity index (χ2v) is 3.72. The molecule has 1 aromatic carbocycles. The summed E-state index contributed by atoms with van der Waals surface area (Å²) in [6.07, 6.45) is 0.690. The van der Waals surface area contributed by atoms with Gasteiger partial charge in [0, 0.05) is 9.13 Å². The lowest BCUT2D eigenvalue weighted by atomic mass is 10.1. The van der Waals surface area contributed by atoms with E-state index in [-0.39, 0.29) is 0 Å². The molecule has 0 unspecified atom stereocenters. The summed E-state index contributed by atoms with van der Waals surface area (Å²) in [7, 11) is 1.42. The zero-order valence-electron chi connectivity index (χ0n) is 7.41. The van der Waals surface area contributed by atoms with Crippen LogP contribution in [-0.2, 0) is 0 Å². The largest absolute Gasteiger partial charge is 0.496 e. The van der Waals surface area contributed by atoms with Crippen LogP contribution in [0.3, 0.4) is 0 Å². The maximum atomic E-state index is 11.1. The zero-order valence-corrected chi connectivity index (χ0v) is 9.57. The topological polar surface area (TPSA) is 69.4 Å².